The molecule has 0 fully saturated rings. The van der Waals surface area contributed by atoms with Crippen LogP contribution >= 0.6 is 11.6 Å². The highest BCUT2D eigenvalue weighted by atomic mass is 35.5. The lowest BCUT2D eigenvalue weighted by Crippen LogP contribution is -2.29. The zero-order chi connectivity index (χ0) is 27.4. The lowest BCUT2D eigenvalue weighted by Gasteiger charge is -2.12. The van der Waals surface area contributed by atoms with Gasteiger partial charge in [0.1, 0.15) is 5.82 Å². The molecule has 0 saturated heterocycles. The molecular weight excluding hydrogens is 514 g/mol. The fourth-order valence-electron chi connectivity index (χ4n) is 4.70. The molecule has 0 aliphatic carbocycles. The van der Waals surface area contributed by atoms with Gasteiger partial charge >= 0.3 is 0 Å². The van der Waals surface area contributed by atoms with Gasteiger partial charge in [-0.1, -0.05) is 23.7 Å². The van der Waals surface area contributed by atoms with E-state index in [2.05, 4.69) is 31.6 Å². The van der Waals surface area contributed by atoms with Crippen LogP contribution in [-0.4, -0.2) is 46.0 Å². The number of nitrogens with two attached hydrogens (primary N) is 1. The van der Waals surface area contributed by atoms with Gasteiger partial charge in [0.05, 0.1) is 5.52 Å². The molecule has 9 nitrogen and oxygen atoms in total. The molecule has 5 N–H and O–H groups in total. The van der Waals surface area contributed by atoms with Gasteiger partial charge in [0.2, 0.25) is 11.8 Å². The molecular formula is C29H30ClN7O2. The average molecular weight is 544 g/mol. The fourth-order valence-corrected chi connectivity index (χ4v) is 4.86. The Morgan fingerprint density at radius 1 is 1.00 bits per heavy atom. The number of amides is 2. The number of carbonyl (C=O) groups excluding carboxylic acids is 2. The topological polar surface area (TPSA) is 127 Å². The number of halogens is 1. The molecule has 2 amide bonds. The number of hydrogen-bond acceptors (Lipinski definition) is 6. The van der Waals surface area contributed by atoms with Crippen molar-refractivity contribution >= 4 is 61.8 Å². The maximum atomic E-state index is 12.3. The van der Waals surface area contributed by atoms with Crippen LogP contribution in [0.5, 0.6) is 0 Å². The zero-order valence-electron chi connectivity index (χ0n) is 21.6. The van der Waals surface area contributed by atoms with Crippen LogP contribution in [0, 0.1) is 0 Å². The van der Waals surface area contributed by atoms with Crippen LogP contribution in [0.25, 0.3) is 32.6 Å². The Hall–Kier alpha value is -4.21. The van der Waals surface area contributed by atoms with E-state index in [4.69, 9.17) is 22.3 Å². The first kappa shape index (κ1) is 26.4. The van der Waals surface area contributed by atoms with Gasteiger partial charge in [-0.15, -0.1) is 0 Å². The van der Waals surface area contributed by atoms with E-state index in [1.807, 2.05) is 37.4 Å². The number of aromatic nitrogens is 3. The Morgan fingerprint density at radius 3 is 2.72 bits per heavy atom. The Kier molecular flexibility index (Phi) is 7.90. The molecule has 0 aliphatic heterocycles. The Morgan fingerprint density at radius 2 is 1.87 bits per heavy atom. The van der Waals surface area contributed by atoms with Crippen molar-refractivity contribution in [1.29, 1.82) is 0 Å². The molecule has 0 spiro atoms. The highest BCUT2D eigenvalue weighted by Gasteiger charge is 2.11. The summed E-state index contributed by atoms with van der Waals surface area (Å²) >= 11 is 6.12. The van der Waals surface area contributed by atoms with Crippen molar-refractivity contribution in [3.63, 3.8) is 0 Å². The molecule has 10 heteroatoms. The highest BCUT2D eigenvalue weighted by Crippen LogP contribution is 2.29. The molecule has 0 saturated carbocycles. The number of hydrogen-bond donors (Lipinski definition) is 4. The average Bonchev–Trinajstić information content (AvgIpc) is 3.24. The van der Waals surface area contributed by atoms with Crippen LogP contribution in [0.15, 0.2) is 60.9 Å². The molecule has 5 aromatic rings. The van der Waals surface area contributed by atoms with Crippen molar-refractivity contribution in [1.82, 2.24) is 25.2 Å². The summed E-state index contributed by atoms with van der Waals surface area (Å²) in [5, 5.41) is 14.3. The van der Waals surface area contributed by atoms with Gasteiger partial charge in [-0.25, -0.2) is 4.98 Å². The van der Waals surface area contributed by atoms with Crippen LogP contribution in [0.1, 0.15) is 28.9 Å². The Balaban J connectivity index is 1.08. The maximum Gasteiger partial charge on any atom is 0.248 e. The quantitative estimate of drug-likeness (QED) is 0.147. The summed E-state index contributed by atoms with van der Waals surface area (Å²) in [6.07, 6.45) is 4.64. The number of nitrogens with zero attached hydrogens (tertiary/aromatic N) is 3. The third-order valence-electron chi connectivity index (χ3n) is 6.79. The number of anilines is 1. The second kappa shape index (κ2) is 11.7. The summed E-state index contributed by atoms with van der Waals surface area (Å²) in [7, 11) is 2.02. The second-order valence-electron chi connectivity index (χ2n) is 9.43. The number of rotatable bonds is 11. The molecule has 0 aliphatic rings. The largest absolute Gasteiger partial charge is 0.369 e. The summed E-state index contributed by atoms with van der Waals surface area (Å²) in [5.41, 5.74) is 8.74. The Labute approximate surface area is 230 Å². The number of primary amides is 1. The minimum Gasteiger partial charge on any atom is -0.369 e. The normalized spacial score (nSPS) is 11.3. The van der Waals surface area contributed by atoms with Crippen LogP contribution < -0.4 is 21.7 Å². The molecule has 5 rings (SSSR count). The van der Waals surface area contributed by atoms with E-state index in [1.165, 1.54) is 0 Å². The number of nitrogens with one attached hydrogen (secondary N) is 3. The number of benzene rings is 2. The van der Waals surface area contributed by atoms with Gasteiger partial charge < -0.3 is 26.3 Å². The van der Waals surface area contributed by atoms with E-state index >= 15 is 0 Å². The Bertz CT molecular complexity index is 1680. The monoisotopic (exact) mass is 543 g/mol. The molecule has 39 heavy (non-hydrogen) atoms. The SMILES string of the molecule is Cn1c(CNCCC(=O)NCCCNc2nc3cc(C(N)=O)ccc3c3cnccc23)cc2ccc(Cl)cc21. The van der Waals surface area contributed by atoms with Gasteiger partial charge in [-0.3, -0.25) is 14.6 Å². The van der Waals surface area contributed by atoms with Crippen molar-refractivity contribution < 1.29 is 9.59 Å². The summed E-state index contributed by atoms with van der Waals surface area (Å²) in [6.45, 7) is 2.42. The minimum atomic E-state index is -0.496. The molecule has 0 unspecified atom stereocenters. The zero-order valence-corrected chi connectivity index (χ0v) is 22.4. The molecule has 0 atom stereocenters. The maximum absolute atomic E-state index is 12.3. The minimum absolute atomic E-state index is 0.00524. The van der Waals surface area contributed by atoms with Gasteiger partial charge in [0.15, 0.2) is 0 Å². The predicted octanol–water partition coefficient (Wildman–Crippen LogP) is 4.13. The summed E-state index contributed by atoms with van der Waals surface area (Å²) in [5.74, 6) is 0.211. The van der Waals surface area contributed by atoms with Crippen LogP contribution in [-0.2, 0) is 18.4 Å². The van der Waals surface area contributed by atoms with E-state index < -0.39 is 5.91 Å². The van der Waals surface area contributed by atoms with Gasteiger partial charge in [-0.05, 0) is 48.2 Å². The van der Waals surface area contributed by atoms with Gasteiger partial charge in [0.25, 0.3) is 0 Å². The summed E-state index contributed by atoms with van der Waals surface area (Å²) < 4.78 is 2.11. The first-order chi connectivity index (χ1) is 18.9. The number of fused-ring (bicyclic) bond motifs is 4. The molecule has 0 radical (unpaired) electrons. The predicted molar refractivity (Wildman–Crippen MR) is 156 cm³/mol. The van der Waals surface area contributed by atoms with Crippen molar-refractivity contribution in [3.05, 3.63) is 77.2 Å². The standard InChI is InChI=1S/C29H30ClN7O2/c1-37-21(13-18-3-5-20(30)15-26(18)37)16-32-12-8-27(38)34-9-2-10-35-29-23-7-11-33-17-24(23)22-6-4-19(28(31)39)14-25(22)36-29/h3-7,11,13-15,17,32H,2,8-10,12,16H2,1H3,(H2,31,39)(H,34,38)(H,35,36). The molecule has 200 valence electrons. The lowest BCUT2D eigenvalue weighted by molar-refractivity contribution is -0.121. The van der Waals surface area contributed by atoms with Crippen LogP contribution in [0.2, 0.25) is 5.02 Å². The van der Waals surface area contributed by atoms with Crippen LogP contribution in [0.4, 0.5) is 5.82 Å². The third-order valence-corrected chi connectivity index (χ3v) is 7.03. The molecule has 0 bridgehead atoms. The van der Waals surface area contributed by atoms with Gasteiger partial charge in [-0.2, -0.15) is 0 Å². The van der Waals surface area contributed by atoms with Crippen molar-refractivity contribution in [2.75, 3.05) is 25.0 Å². The van der Waals surface area contributed by atoms with Crippen molar-refractivity contribution in [2.24, 2.45) is 12.8 Å². The molecule has 2 aromatic carbocycles. The van der Waals surface area contributed by atoms with E-state index in [-0.39, 0.29) is 5.91 Å². The summed E-state index contributed by atoms with van der Waals surface area (Å²) in [4.78, 5) is 32.9. The lowest BCUT2D eigenvalue weighted by atomic mass is 10.1. The van der Waals surface area contributed by atoms with E-state index in [0.29, 0.717) is 54.5 Å². The number of aryl methyl sites for hydroxylation is 1. The van der Waals surface area contributed by atoms with Crippen LogP contribution in [0.3, 0.4) is 0 Å². The van der Waals surface area contributed by atoms with E-state index in [9.17, 15) is 9.59 Å². The molecule has 3 heterocycles. The first-order valence-corrected chi connectivity index (χ1v) is 13.2. The number of pyridine rings is 2. The van der Waals surface area contributed by atoms with Crippen molar-refractivity contribution in [3.8, 4) is 0 Å². The highest BCUT2D eigenvalue weighted by molar-refractivity contribution is 6.31. The second-order valence-corrected chi connectivity index (χ2v) is 9.87. The third kappa shape index (κ3) is 5.94. The smallest absolute Gasteiger partial charge is 0.248 e. The fraction of sp³-hybridized carbons (Fsp3) is 0.241. The van der Waals surface area contributed by atoms with Gasteiger partial charge in [0, 0.05) is 90.0 Å². The number of carbonyl (C=O) groups is 2. The van der Waals surface area contributed by atoms with E-state index in [1.54, 1.807) is 24.5 Å². The summed E-state index contributed by atoms with van der Waals surface area (Å²) in [6, 6.07) is 15.1. The van der Waals surface area contributed by atoms with E-state index in [0.717, 1.165) is 39.2 Å². The first-order valence-electron chi connectivity index (χ1n) is 12.8. The van der Waals surface area contributed by atoms with Crippen molar-refractivity contribution in [2.45, 2.75) is 19.4 Å². The molecule has 3 aromatic heterocycles.